The van der Waals surface area contributed by atoms with Crippen LogP contribution < -0.4 is 5.32 Å². The molecule has 0 spiro atoms. The standard InChI is InChI=1S/C16H29N3O/c1-4-6-7-8-10-16(3,9-5-2)15(20)18-12-14-11-17-13-19-14/h11,13H,4-10,12H2,1-3H3,(H,17,19)(H,18,20). The number of unbranched alkanes of at least 4 members (excludes halogenated alkanes) is 3. The third-order valence-corrected chi connectivity index (χ3v) is 3.92. The number of nitrogens with one attached hydrogen (secondary N) is 2. The molecule has 0 fully saturated rings. The molecule has 0 bridgehead atoms. The zero-order valence-electron chi connectivity index (χ0n) is 13.2. The van der Waals surface area contributed by atoms with Gasteiger partial charge < -0.3 is 10.3 Å². The number of H-pyrrole nitrogens is 1. The minimum Gasteiger partial charge on any atom is -0.351 e. The highest BCUT2D eigenvalue weighted by atomic mass is 16.2. The van der Waals surface area contributed by atoms with Gasteiger partial charge in [-0.2, -0.15) is 0 Å². The van der Waals surface area contributed by atoms with E-state index in [1.54, 1.807) is 6.33 Å². The van der Waals surface area contributed by atoms with E-state index in [1.807, 2.05) is 6.20 Å². The number of aromatic amines is 1. The molecule has 1 heterocycles. The second-order valence-corrected chi connectivity index (χ2v) is 5.86. The van der Waals surface area contributed by atoms with Crippen LogP contribution in [0, 0.1) is 5.41 Å². The Morgan fingerprint density at radius 1 is 1.25 bits per heavy atom. The van der Waals surface area contributed by atoms with E-state index in [2.05, 4.69) is 36.1 Å². The van der Waals surface area contributed by atoms with Gasteiger partial charge in [-0.25, -0.2) is 4.98 Å². The van der Waals surface area contributed by atoms with Crippen LogP contribution in [0.5, 0.6) is 0 Å². The maximum Gasteiger partial charge on any atom is 0.226 e. The SMILES string of the molecule is CCCCCCC(C)(CCC)C(=O)NCc1c[nH]cn1. The highest BCUT2D eigenvalue weighted by Gasteiger charge is 2.31. The fraction of sp³-hybridized carbons (Fsp3) is 0.750. The molecule has 20 heavy (non-hydrogen) atoms. The lowest BCUT2D eigenvalue weighted by Crippen LogP contribution is -2.38. The van der Waals surface area contributed by atoms with Crippen molar-refractivity contribution >= 4 is 5.91 Å². The number of carbonyl (C=O) groups excluding carboxylic acids is 1. The van der Waals surface area contributed by atoms with Gasteiger partial charge in [0.25, 0.3) is 0 Å². The van der Waals surface area contributed by atoms with Crippen LogP contribution in [0.2, 0.25) is 0 Å². The van der Waals surface area contributed by atoms with Gasteiger partial charge in [0.1, 0.15) is 0 Å². The largest absolute Gasteiger partial charge is 0.351 e. The first-order chi connectivity index (χ1) is 9.62. The van der Waals surface area contributed by atoms with Gasteiger partial charge in [0.15, 0.2) is 0 Å². The van der Waals surface area contributed by atoms with Crippen molar-refractivity contribution in [2.45, 2.75) is 72.3 Å². The van der Waals surface area contributed by atoms with Gasteiger partial charge in [-0.15, -0.1) is 0 Å². The van der Waals surface area contributed by atoms with Gasteiger partial charge >= 0.3 is 0 Å². The van der Waals surface area contributed by atoms with E-state index in [4.69, 9.17) is 0 Å². The van der Waals surface area contributed by atoms with Crippen LogP contribution >= 0.6 is 0 Å². The van der Waals surface area contributed by atoms with Crippen LogP contribution in [0.25, 0.3) is 0 Å². The molecule has 1 amide bonds. The molecule has 0 aromatic carbocycles. The number of imidazole rings is 1. The van der Waals surface area contributed by atoms with E-state index in [-0.39, 0.29) is 11.3 Å². The van der Waals surface area contributed by atoms with Crippen molar-refractivity contribution in [2.75, 3.05) is 0 Å². The Bertz CT molecular complexity index is 375. The van der Waals surface area contributed by atoms with Gasteiger partial charge in [0.05, 0.1) is 18.6 Å². The first kappa shape index (κ1) is 16.7. The summed E-state index contributed by atoms with van der Waals surface area (Å²) in [5.74, 6) is 0.166. The molecule has 1 aromatic rings. The van der Waals surface area contributed by atoms with Crippen molar-refractivity contribution in [1.29, 1.82) is 0 Å². The number of hydrogen-bond acceptors (Lipinski definition) is 2. The van der Waals surface area contributed by atoms with Crippen molar-refractivity contribution in [3.8, 4) is 0 Å². The lowest BCUT2D eigenvalue weighted by atomic mass is 9.79. The number of carbonyl (C=O) groups is 1. The molecular weight excluding hydrogens is 250 g/mol. The predicted molar refractivity (Wildman–Crippen MR) is 82.2 cm³/mol. The van der Waals surface area contributed by atoms with E-state index < -0.39 is 0 Å². The number of amides is 1. The molecule has 1 unspecified atom stereocenters. The highest BCUT2D eigenvalue weighted by Crippen LogP contribution is 2.30. The average Bonchev–Trinajstić information content (AvgIpc) is 2.94. The van der Waals surface area contributed by atoms with Gasteiger partial charge in [-0.05, 0) is 12.8 Å². The number of rotatable bonds is 10. The van der Waals surface area contributed by atoms with E-state index in [0.29, 0.717) is 6.54 Å². The van der Waals surface area contributed by atoms with Crippen molar-refractivity contribution in [1.82, 2.24) is 15.3 Å². The molecule has 1 atom stereocenters. The van der Waals surface area contributed by atoms with E-state index in [9.17, 15) is 4.79 Å². The number of hydrogen-bond donors (Lipinski definition) is 2. The Balaban J connectivity index is 2.46. The first-order valence-electron chi connectivity index (χ1n) is 7.88. The van der Waals surface area contributed by atoms with Crippen LogP contribution in [0.15, 0.2) is 12.5 Å². The third-order valence-electron chi connectivity index (χ3n) is 3.92. The van der Waals surface area contributed by atoms with Crippen molar-refractivity contribution in [3.63, 3.8) is 0 Å². The Morgan fingerprint density at radius 3 is 2.65 bits per heavy atom. The quantitative estimate of drug-likeness (QED) is 0.640. The van der Waals surface area contributed by atoms with Gasteiger partial charge in [-0.3, -0.25) is 4.79 Å². The molecular formula is C16H29N3O. The Labute approximate surface area is 122 Å². The maximum atomic E-state index is 12.5. The topological polar surface area (TPSA) is 57.8 Å². The van der Waals surface area contributed by atoms with Gasteiger partial charge in [0, 0.05) is 11.6 Å². The molecule has 0 saturated heterocycles. The van der Waals surface area contributed by atoms with Crippen molar-refractivity contribution in [2.24, 2.45) is 5.41 Å². The van der Waals surface area contributed by atoms with E-state index in [0.717, 1.165) is 31.4 Å². The van der Waals surface area contributed by atoms with Crippen LogP contribution in [-0.2, 0) is 11.3 Å². The summed E-state index contributed by atoms with van der Waals surface area (Å²) in [6.07, 6.45) is 11.3. The first-order valence-corrected chi connectivity index (χ1v) is 7.88. The minimum atomic E-state index is -0.237. The molecule has 1 rings (SSSR count). The molecule has 0 saturated carbocycles. The average molecular weight is 279 g/mol. The normalized spacial score (nSPS) is 13.9. The lowest BCUT2D eigenvalue weighted by molar-refractivity contribution is -0.131. The Hall–Kier alpha value is -1.32. The summed E-state index contributed by atoms with van der Waals surface area (Å²) < 4.78 is 0. The summed E-state index contributed by atoms with van der Waals surface area (Å²) >= 11 is 0. The highest BCUT2D eigenvalue weighted by molar-refractivity contribution is 5.82. The zero-order valence-corrected chi connectivity index (χ0v) is 13.2. The van der Waals surface area contributed by atoms with Gasteiger partial charge in [0.2, 0.25) is 5.91 Å². The molecule has 4 heteroatoms. The van der Waals surface area contributed by atoms with Gasteiger partial charge in [-0.1, -0.05) is 52.9 Å². The molecule has 0 aliphatic rings. The van der Waals surface area contributed by atoms with Crippen LogP contribution in [0.3, 0.4) is 0 Å². The second kappa shape index (κ2) is 8.77. The smallest absolute Gasteiger partial charge is 0.226 e. The van der Waals surface area contributed by atoms with Crippen molar-refractivity contribution < 1.29 is 4.79 Å². The summed E-state index contributed by atoms with van der Waals surface area (Å²) in [6, 6.07) is 0. The molecule has 114 valence electrons. The van der Waals surface area contributed by atoms with Crippen LogP contribution in [0.1, 0.15) is 71.4 Å². The fourth-order valence-electron chi connectivity index (χ4n) is 2.62. The number of aromatic nitrogens is 2. The van der Waals surface area contributed by atoms with E-state index in [1.165, 1.54) is 19.3 Å². The van der Waals surface area contributed by atoms with Crippen LogP contribution in [0.4, 0.5) is 0 Å². The molecule has 4 nitrogen and oxygen atoms in total. The fourth-order valence-corrected chi connectivity index (χ4v) is 2.62. The monoisotopic (exact) mass is 279 g/mol. The van der Waals surface area contributed by atoms with Crippen LogP contribution in [-0.4, -0.2) is 15.9 Å². The maximum absolute atomic E-state index is 12.5. The Morgan fingerprint density at radius 2 is 2.05 bits per heavy atom. The molecule has 0 radical (unpaired) electrons. The number of nitrogens with zero attached hydrogens (tertiary/aromatic N) is 1. The van der Waals surface area contributed by atoms with Crippen molar-refractivity contribution in [3.05, 3.63) is 18.2 Å². The summed E-state index contributed by atoms with van der Waals surface area (Å²) in [5, 5.41) is 3.03. The Kier molecular flexibility index (Phi) is 7.34. The second-order valence-electron chi connectivity index (χ2n) is 5.86. The third kappa shape index (κ3) is 5.35. The molecule has 0 aliphatic carbocycles. The summed E-state index contributed by atoms with van der Waals surface area (Å²) in [7, 11) is 0. The van der Waals surface area contributed by atoms with E-state index >= 15 is 0 Å². The summed E-state index contributed by atoms with van der Waals surface area (Å²) in [6.45, 7) is 6.96. The zero-order chi connectivity index (χ0) is 14.8. The summed E-state index contributed by atoms with van der Waals surface area (Å²) in [4.78, 5) is 19.5. The summed E-state index contributed by atoms with van der Waals surface area (Å²) in [5.41, 5.74) is 0.641. The molecule has 1 aromatic heterocycles. The molecule has 0 aliphatic heterocycles. The lowest BCUT2D eigenvalue weighted by Gasteiger charge is -2.28. The predicted octanol–water partition coefficient (Wildman–Crippen LogP) is 3.80. The minimum absolute atomic E-state index is 0.166. The molecule has 2 N–H and O–H groups in total.